The average Bonchev–Trinajstić information content (AvgIpc) is 3.59. The van der Waals surface area contributed by atoms with Gasteiger partial charge >= 0.3 is 6.09 Å². The number of rotatable bonds is 10. The maximum Gasteiger partial charge on any atom is 0.414 e. The van der Waals surface area contributed by atoms with E-state index in [2.05, 4.69) is 26.0 Å². The largest absolute Gasteiger partial charge is 0.497 e. The molecule has 29 heavy (non-hydrogen) atoms. The minimum absolute atomic E-state index is 0.00822. The van der Waals surface area contributed by atoms with Gasteiger partial charge in [0.15, 0.2) is 0 Å². The van der Waals surface area contributed by atoms with Crippen molar-refractivity contribution in [2.24, 2.45) is 0 Å². The van der Waals surface area contributed by atoms with Crippen LogP contribution in [0.5, 0.6) is 5.75 Å². The lowest BCUT2D eigenvalue weighted by Gasteiger charge is -2.25. The molecular weight excluding hydrogens is 362 g/mol. The van der Waals surface area contributed by atoms with E-state index in [4.69, 9.17) is 9.47 Å². The summed E-state index contributed by atoms with van der Waals surface area (Å²) in [5.74, 6) is 0.845. The van der Waals surface area contributed by atoms with Crippen LogP contribution < -0.4 is 9.64 Å². The maximum atomic E-state index is 12.9. The van der Waals surface area contributed by atoms with Crippen LogP contribution in [0.3, 0.4) is 0 Å². The van der Waals surface area contributed by atoms with E-state index in [1.807, 2.05) is 41.3 Å². The Morgan fingerprint density at radius 3 is 2.14 bits per heavy atom. The first-order chi connectivity index (χ1) is 14.2. The quantitative estimate of drug-likeness (QED) is 0.414. The Labute approximate surface area is 174 Å². The van der Waals surface area contributed by atoms with Crippen molar-refractivity contribution in [2.75, 3.05) is 12.0 Å². The van der Waals surface area contributed by atoms with E-state index in [-0.39, 0.29) is 18.2 Å². The molecule has 1 unspecified atom stereocenters. The van der Waals surface area contributed by atoms with Gasteiger partial charge in [0.1, 0.15) is 11.9 Å². The highest BCUT2D eigenvalue weighted by molar-refractivity contribution is 5.89. The first-order valence-corrected chi connectivity index (χ1v) is 10.9. The van der Waals surface area contributed by atoms with Crippen molar-refractivity contribution in [3.63, 3.8) is 0 Å². The highest BCUT2D eigenvalue weighted by atomic mass is 16.6. The second-order valence-electron chi connectivity index (χ2n) is 7.79. The molecule has 0 aromatic heterocycles. The number of ether oxygens (including phenoxy) is 2. The Balaban J connectivity index is 1.69. The smallest absolute Gasteiger partial charge is 0.414 e. The molecule has 1 aliphatic rings. The van der Waals surface area contributed by atoms with E-state index in [1.165, 1.54) is 12.8 Å². The Morgan fingerprint density at radius 2 is 1.62 bits per heavy atom. The summed E-state index contributed by atoms with van der Waals surface area (Å²) >= 11 is 0. The lowest BCUT2D eigenvalue weighted by atomic mass is 10.1. The number of unbranched alkanes of at least 4 members (excludes halogenated alkanes) is 2. The number of benzene rings is 2. The van der Waals surface area contributed by atoms with Gasteiger partial charge in [-0.25, -0.2) is 4.79 Å². The summed E-state index contributed by atoms with van der Waals surface area (Å²) in [5, 5.41) is 0. The predicted octanol–water partition coefficient (Wildman–Crippen LogP) is 6.83. The molecule has 4 nitrogen and oxygen atoms in total. The molecule has 0 aliphatic heterocycles. The van der Waals surface area contributed by atoms with Gasteiger partial charge < -0.3 is 9.47 Å². The molecular formula is C25H33NO3. The predicted molar refractivity (Wildman–Crippen MR) is 119 cm³/mol. The lowest BCUT2D eigenvalue weighted by Crippen LogP contribution is -2.36. The van der Waals surface area contributed by atoms with Crippen LogP contribution in [-0.4, -0.2) is 25.3 Å². The van der Waals surface area contributed by atoms with Gasteiger partial charge in [0.25, 0.3) is 0 Å². The molecule has 3 rings (SSSR count). The van der Waals surface area contributed by atoms with Gasteiger partial charge in [-0.3, -0.25) is 4.90 Å². The Kier molecular flexibility index (Phi) is 7.56. The van der Waals surface area contributed by atoms with Crippen LogP contribution in [0.4, 0.5) is 10.5 Å². The van der Waals surface area contributed by atoms with Gasteiger partial charge in [0.2, 0.25) is 0 Å². The van der Waals surface area contributed by atoms with E-state index in [0.29, 0.717) is 0 Å². The molecule has 0 bridgehead atoms. The SMILES string of the molecule is CCCCCC(CC)OC(=O)N(c1ccc(-c2ccc(OC)cc2)cc1)C1CC1. The van der Waals surface area contributed by atoms with E-state index in [9.17, 15) is 4.79 Å². The fourth-order valence-corrected chi connectivity index (χ4v) is 3.56. The summed E-state index contributed by atoms with van der Waals surface area (Å²) in [5.41, 5.74) is 3.16. The second-order valence-corrected chi connectivity index (χ2v) is 7.79. The molecule has 0 heterocycles. The fourth-order valence-electron chi connectivity index (χ4n) is 3.56. The van der Waals surface area contributed by atoms with Crippen molar-refractivity contribution in [1.29, 1.82) is 0 Å². The van der Waals surface area contributed by atoms with Gasteiger partial charge in [0, 0.05) is 11.7 Å². The summed E-state index contributed by atoms with van der Waals surface area (Å²) in [6.07, 6.45) is 7.19. The molecule has 156 valence electrons. The van der Waals surface area contributed by atoms with Gasteiger partial charge in [-0.15, -0.1) is 0 Å². The molecule has 2 aromatic carbocycles. The summed E-state index contributed by atoms with van der Waals surface area (Å²) in [6.45, 7) is 4.28. The van der Waals surface area contributed by atoms with Crippen LogP contribution in [0, 0.1) is 0 Å². The first kappa shape index (κ1) is 21.2. The molecule has 4 heteroatoms. The Morgan fingerprint density at radius 1 is 1.00 bits per heavy atom. The summed E-state index contributed by atoms with van der Waals surface area (Å²) in [4.78, 5) is 14.8. The van der Waals surface area contributed by atoms with Crippen molar-refractivity contribution >= 4 is 11.8 Å². The third-order valence-corrected chi connectivity index (χ3v) is 5.53. The molecule has 0 radical (unpaired) electrons. The maximum absolute atomic E-state index is 12.9. The molecule has 0 spiro atoms. The molecule has 1 amide bonds. The standard InChI is InChI=1S/C25H33NO3/c1-4-6-7-8-23(5-2)29-25(27)26(22-15-16-22)21-13-9-19(10-14-21)20-11-17-24(28-3)18-12-20/h9-14,17-18,22-23H,4-8,15-16H2,1-3H3. The van der Waals surface area contributed by atoms with E-state index >= 15 is 0 Å². The van der Waals surface area contributed by atoms with Crippen LogP contribution in [-0.2, 0) is 4.74 Å². The second kappa shape index (κ2) is 10.3. The van der Waals surface area contributed by atoms with Gasteiger partial charge in [-0.2, -0.15) is 0 Å². The summed E-state index contributed by atoms with van der Waals surface area (Å²) in [6, 6.07) is 16.5. The zero-order valence-electron chi connectivity index (χ0n) is 17.9. The molecule has 1 fully saturated rings. The monoisotopic (exact) mass is 395 g/mol. The Bertz CT molecular complexity index is 766. The van der Waals surface area contributed by atoms with Crippen LogP contribution in [0.1, 0.15) is 58.8 Å². The summed E-state index contributed by atoms with van der Waals surface area (Å²) < 4.78 is 11.1. The van der Waals surface area contributed by atoms with Crippen LogP contribution in [0.25, 0.3) is 11.1 Å². The average molecular weight is 396 g/mol. The van der Waals surface area contributed by atoms with E-state index in [1.54, 1.807) is 7.11 Å². The fraction of sp³-hybridized carbons (Fsp3) is 0.480. The minimum Gasteiger partial charge on any atom is -0.497 e. The molecule has 0 saturated heterocycles. The zero-order chi connectivity index (χ0) is 20.6. The molecule has 1 atom stereocenters. The summed E-state index contributed by atoms with van der Waals surface area (Å²) in [7, 11) is 1.67. The Hall–Kier alpha value is -2.49. The third kappa shape index (κ3) is 5.75. The van der Waals surface area contributed by atoms with Crippen molar-refractivity contribution in [2.45, 2.75) is 70.9 Å². The number of nitrogens with zero attached hydrogens (tertiary/aromatic N) is 1. The third-order valence-electron chi connectivity index (χ3n) is 5.53. The number of hydrogen-bond acceptors (Lipinski definition) is 3. The number of carbonyl (C=O) groups excluding carboxylic acids is 1. The number of anilines is 1. The van der Waals surface area contributed by atoms with Crippen molar-refractivity contribution in [1.82, 2.24) is 0 Å². The van der Waals surface area contributed by atoms with Crippen LogP contribution >= 0.6 is 0 Å². The molecule has 1 saturated carbocycles. The van der Waals surface area contributed by atoms with Gasteiger partial charge in [0.05, 0.1) is 7.11 Å². The van der Waals surface area contributed by atoms with Gasteiger partial charge in [-0.05, 0) is 67.5 Å². The topological polar surface area (TPSA) is 38.8 Å². The minimum atomic E-state index is -0.201. The van der Waals surface area contributed by atoms with Crippen molar-refractivity contribution in [3.8, 4) is 16.9 Å². The van der Waals surface area contributed by atoms with Crippen molar-refractivity contribution < 1.29 is 14.3 Å². The lowest BCUT2D eigenvalue weighted by molar-refractivity contribution is 0.0944. The highest BCUT2D eigenvalue weighted by Crippen LogP contribution is 2.34. The number of amides is 1. The highest BCUT2D eigenvalue weighted by Gasteiger charge is 2.35. The zero-order valence-corrected chi connectivity index (χ0v) is 17.9. The molecule has 0 N–H and O–H groups in total. The number of carbonyl (C=O) groups is 1. The molecule has 2 aromatic rings. The molecule has 1 aliphatic carbocycles. The first-order valence-electron chi connectivity index (χ1n) is 10.9. The number of hydrogen-bond donors (Lipinski definition) is 0. The van der Waals surface area contributed by atoms with Gasteiger partial charge in [-0.1, -0.05) is 51.0 Å². The number of methoxy groups -OCH3 is 1. The van der Waals surface area contributed by atoms with E-state index in [0.717, 1.165) is 54.7 Å². The van der Waals surface area contributed by atoms with Crippen LogP contribution in [0.2, 0.25) is 0 Å². The van der Waals surface area contributed by atoms with Crippen LogP contribution in [0.15, 0.2) is 48.5 Å². The van der Waals surface area contributed by atoms with Crippen molar-refractivity contribution in [3.05, 3.63) is 48.5 Å². The normalized spacial score (nSPS) is 14.3. The van der Waals surface area contributed by atoms with E-state index < -0.39 is 0 Å².